The number of halogens is 1. The Morgan fingerprint density at radius 3 is 2.73 bits per heavy atom. The molecule has 0 unspecified atom stereocenters. The van der Waals surface area contributed by atoms with Crippen LogP contribution in [0.3, 0.4) is 0 Å². The lowest BCUT2D eigenvalue weighted by molar-refractivity contribution is -0.136. The van der Waals surface area contributed by atoms with Crippen molar-refractivity contribution < 1.29 is 9.53 Å². The minimum absolute atomic E-state index is 0.0167. The number of carbonyl (C=O) groups is 1. The van der Waals surface area contributed by atoms with Crippen molar-refractivity contribution in [1.82, 2.24) is 24.8 Å². The number of ether oxygens (including phenoxy) is 1. The monoisotopic (exact) mass is 421 g/mol. The van der Waals surface area contributed by atoms with Gasteiger partial charge in [0.05, 0.1) is 17.6 Å². The molecule has 0 radical (unpaired) electrons. The van der Waals surface area contributed by atoms with Gasteiger partial charge in [0, 0.05) is 47.7 Å². The first-order chi connectivity index (χ1) is 14.4. The minimum atomic E-state index is -0.0375. The van der Waals surface area contributed by atoms with Crippen LogP contribution >= 0.6 is 11.6 Å². The third kappa shape index (κ3) is 4.46. The van der Waals surface area contributed by atoms with Crippen LogP contribution in [0.5, 0.6) is 11.8 Å². The third-order valence-corrected chi connectivity index (χ3v) is 5.09. The summed E-state index contributed by atoms with van der Waals surface area (Å²) in [7, 11) is 0. The summed E-state index contributed by atoms with van der Waals surface area (Å²) in [4.78, 5) is 31.0. The molecule has 0 atom stereocenters. The number of aromatic nitrogens is 4. The SMILES string of the molecule is C=CC(=O)N1CC(C)(Cc2cncc(-c3cnc(Oc4cccc(Cl)c4)nc3)n2)C1. The Hall–Kier alpha value is -3.32. The van der Waals surface area contributed by atoms with E-state index in [9.17, 15) is 4.79 Å². The van der Waals surface area contributed by atoms with Crippen LogP contribution in [-0.4, -0.2) is 43.8 Å². The maximum atomic E-state index is 11.7. The fraction of sp³-hybridized carbons (Fsp3) is 0.227. The molecular weight excluding hydrogens is 402 g/mol. The second-order valence-electron chi connectivity index (χ2n) is 7.60. The molecule has 1 aromatic carbocycles. The Labute approximate surface area is 179 Å². The molecule has 1 aliphatic rings. The molecule has 0 spiro atoms. The van der Waals surface area contributed by atoms with Crippen molar-refractivity contribution in [2.75, 3.05) is 13.1 Å². The molecule has 8 heteroatoms. The number of hydrogen-bond donors (Lipinski definition) is 0. The molecule has 3 heterocycles. The lowest BCUT2D eigenvalue weighted by atomic mass is 9.78. The highest BCUT2D eigenvalue weighted by Crippen LogP contribution is 2.33. The summed E-state index contributed by atoms with van der Waals surface area (Å²) in [5.41, 5.74) is 2.27. The zero-order chi connectivity index (χ0) is 21.1. The number of rotatable bonds is 6. The zero-order valence-corrected chi connectivity index (χ0v) is 17.2. The molecule has 4 rings (SSSR count). The Balaban J connectivity index is 1.44. The van der Waals surface area contributed by atoms with Crippen LogP contribution in [0.2, 0.25) is 5.02 Å². The van der Waals surface area contributed by atoms with Crippen molar-refractivity contribution in [3.63, 3.8) is 0 Å². The molecule has 0 N–H and O–H groups in total. The smallest absolute Gasteiger partial charge is 0.321 e. The predicted molar refractivity (Wildman–Crippen MR) is 113 cm³/mol. The van der Waals surface area contributed by atoms with Gasteiger partial charge in [-0.1, -0.05) is 31.2 Å². The molecule has 7 nitrogen and oxygen atoms in total. The van der Waals surface area contributed by atoms with Gasteiger partial charge in [0.1, 0.15) is 5.75 Å². The van der Waals surface area contributed by atoms with Gasteiger partial charge in [-0.15, -0.1) is 0 Å². The van der Waals surface area contributed by atoms with E-state index in [0.717, 1.165) is 17.7 Å². The second-order valence-corrected chi connectivity index (χ2v) is 8.03. The van der Waals surface area contributed by atoms with E-state index in [-0.39, 0.29) is 17.3 Å². The van der Waals surface area contributed by atoms with Gasteiger partial charge >= 0.3 is 6.01 Å². The minimum Gasteiger partial charge on any atom is -0.424 e. The number of amides is 1. The van der Waals surface area contributed by atoms with Crippen molar-refractivity contribution in [2.24, 2.45) is 5.41 Å². The summed E-state index contributed by atoms with van der Waals surface area (Å²) in [5.74, 6) is 0.527. The molecule has 1 fully saturated rings. The highest BCUT2D eigenvalue weighted by atomic mass is 35.5. The number of likely N-dealkylation sites (tertiary alicyclic amines) is 1. The lowest BCUT2D eigenvalue weighted by Gasteiger charge is -2.47. The van der Waals surface area contributed by atoms with Crippen molar-refractivity contribution in [1.29, 1.82) is 0 Å². The van der Waals surface area contributed by atoms with Gasteiger partial charge in [0.15, 0.2) is 0 Å². The van der Waals surface area contributed by atoms with Gasteiger partial charge in [-0.25, -0.2) is 15.0 Å². The summed E-state index contributed by atoms with van der Waals surface area (Å²) < 4.78 is 5.62. The van der Waals surface area contributed by atoms with Gasteiger partial charge in [0.2, 0.25) is 5.91 Å². The van der Waals surface area contributed by atoms with E-state index in [1.54, 1.807) is 54.0 Å². The Bertz CT molecular complexity index is 1080. The molecule has 1 saturated heterocycles. The number of benzene rings is 1. The van der Waals surface area contributed by atoms with Crippen LogP contribution in [0, 0.1) is 5.41 Å². The van der Waals surface area contributed by atoms with Crippen molar-refractivity contribution in [3.05, 3.63) is 72.4 Å². The topological polar surface area (TPSA) is 81.1 Å². The first kappa shape index (κ1) is 20.0. The standard InChI is InChI=1S/C22H20ClN5O2/c1-3-20(29)28-13-22(2,14-28)8-17-11-24-12-19(27-17)15-9-25-21(26-10-15)30-18-6-4-5-16(23)7-18/h3-7,9-12H,1,8,13-14H2,2H3. The molecule has 1 amide bonds. The Kier molecular flexibility index (Phi) is 5.46. The average molecular weight is 422 g/mol. The Morgan fingerprint density at radius 2 is 2.03 bits per heavy atom. The quantitative estimate of drug-likeness (QED) is 0.560. The number of carbonyl (C=O) groups excluding carboxylic acids is 1. The van der Waals surface area contributed by atoms with E-state index in [4.69, 9.17) is 21.3 Å². The van der Waals surface area contributed by atoms with Crippen LogP contribution in [-0.2, 0) is 11.2 Å². The first-order valence-corrected chi connectivity index (χ1v) is 9.80. The normalized spacial score (nSPS) is 14.7. The number of hydrogen-bond acceptors (Lipinski definition) is 6. The summed E-state index contributed by atoms with van der Waals surface area (Å²) >= 11 is 5.96. The van der Waals surface area contributed by atoms with Gasteiger partial charge in [0.25, 0.3) is 0 Å². The maximum Gasteiger partial charge on any atom is 0.321 e. The van der Waals surface area contributed by atoms with Gasteiger partial charge in [-0.2, -0.15) is 0 Å². The van der Waals surface area contributed by atoms with E-state index in [0.29, 0.717) is 29.6 Å². The van der Waals surface area contributed by atoms with Crippen molar-refractivity contribution in [2.45, 2.75) is 13.3 Å². The molecule has 0 aliphatic carbocycles. The summed E-state index contributed by atoms with van der Waals surface area (Å²) in [6.45, 7) is 7.04. The van der Waals surface area contributed by atoms with Crippen LogP contribution in [0.4, 0.5) is 0 Å². The van der Waals surface area contributed by atoms with Crippen LogP contribution < -0.4 is 4.74 Å². The highest BCUT2D eigenvalue weighted by molar-refractivity contribution is 6.30. The van der Waals surface area contributed by atoms with Crippen LogP contribution in [0.1, 0.15) is 12.6 Å². The molecule has 2 aromatic heterocycles. The largest absolute Gasteiger partial charge is 0.424 e. The van der Waals surface area contributed by atoms with E-state index in [1.165, 1.54) is 6.08 Å². The molecular formula is C22H20ClN5O2. The van der Waals surface area contributed by atoms with Crippen LogP contribution in [0.15, 0.2) is 61.7 Å². The first-order valence-electron chi connectivity index (χ1n) is 9.42. The lowest BCUT2D eigenvalue weighted by Crippen LogP contribution is -2.57. The highest BCUT2D eigenvalue weighted by Gasteiger charge is 2.40. The molecule has 0 saturated carbocycles. The van der Waals surface area contributed by atoms with Crippen molar-refractivity contribution >= 4 is 17.5 Å². The second kappa shape index (κ2) is 8.20. The molecule has 30 heavy (non-hydrogen) atoms. The maximum absolute atomic E-state index is 11.7. The number of nitrogens with zero attached hydrogens (tertiary/aromatic N) is 5. The third-order valence-electron chi connectivity index (χ3n) is 4.85. The molecule has 3 aromatic rings. The van der Waals surface area contributed by atoms with Gasteiger partial charge < -0.3 is 9.64 Å². The zero-order valence-electron chi connectivity index (χ0n) is 16.5. The predicted octanol–water partition coefficient (Wildman–Crippen LogP) is 3.96. The van der Waals surface area contributed by atoms with E-state index in [1.807, 2.05) is 0 Å². The van der Waals surface area contributed by atoms with Gasteiger partial charge in [-0.05, 0) is 30.7 Å². The summed E-state index contributed by atoms with van der Waals surface area (Å²) in [6, 6.07) is 7.26. The molecule has 1 aliphatic heterocycles. The summed E-state index contributed by atoms with van der Waals surface area (Å²) in [5, 5.41) is 0.577. The summed E-state index contributed by atoms with van der Waals surface area (Å²) in [6.07, 6.45) is 8.80. The average Bonchev–Trinajstić information content (AvgIpc) is 2.72. The molecule has 0 bridgehead atoms. The Morgan fingerprint density at radius 1 is 1.27 bits per heavy atom. The fourth-order valence-corrected chi connectivity index (χ4v) is 3.66. The van der Waals surface area contributed by atoms with E-state index >= 15 is 0 Å². The van der Waals surface area contributed by atoms with Crippen LogP contribution in [0.25, 0.3) is 11.3 Å². The van der Waals surface area contributed by atoms with Gasteiger partial charge in [-0.3, -0.25) is 9.78 Å². The molecule has 152 valence electrons. The van der Waals surface area contributed by atoms with Crippen molar-refractivity contribution in [3.8, 4) is 23.0 Å². The van der Waals surface area contributed by atoms with E-state index in [2.05, 4.69) is 28.5 Å². The van der Waals surface area contributed by atoms with E-state index < -0.39 is 0 Å². The fourth-order valence-electron chi connectivity index (χ4n) is 3.48.